The van der Waals surface area contributed by atoms with Gasteiger partial charge in [0, 0.05) is 0 Å². The van der Waals surface area contributed by atoms with Gasteiger partial charge in [0.05, 0.1) is 0 Å². The first-order valence-electron chi connectivity index (χ1n) is 3.03. The summed E-state index contributed by atoms with van der Waals surface area (Å²) < 4.78 is 0. The second kappa shape index (κ2) is 2.87. The van der Waals surface area contributed by atoms with Gasteiger partial charge in [0.2, 0.25) is 0 Å². The van der Waals surface area contributed by atoms with E-state index in [1.807, 2.05) is 7.85 Å². The minimum Gasteiger partial charge on any atom is -0.480 e. The van der Waals surface area contributed by atoms with Gasteiger partial charge in [-0.2, -0.15) is 0 Å². The first-order chi connectivity index (χ1) is 4.00. The fourth-order valence-electron chi connectivity index (χ4n) is 0.626. The van der Waals surface area contributed by atoms with Gasteiger partial charge in [0.25, 0.3) is 0 Å². The molecule has 0 aliphatic heterocycles. The lowest BCUT2D eigenvalue weighted by molar-refractivity contribution is -0.142. The van der Waals surface area contributed by atoms with Crippen molar-refractivity contribution in [3.05, 3.63) is 0 Å². The van der Waals surface area contributed by atoms with Crippen molar-refractivity contribution in [3.8, 4) is 0 Å². The lowest BCUT2D eigenvalue weighted by Gasteiger charge is -2.16. The highest BCUT2D eigenvalue weighted by Gasteiger charge is 2.25. The van der Waals surface area contributed by atoms with E-state index in [0.29, 0.717) is 6.42 Å². The highest BCUT2D eigenvalue weighted by Crippen LogP contribution is 2.06. The molecule has 52 valence electrons. The molecule has 0 heterocycles. The second-order valence-electron chi connectivity index (χ2n) is 2.47. The molecular weight excluding hydrogens is 117 g/mol. The van der Waals surface area contributed by atoms with Gasteiger partial charge in [0.1, 0.15) is 13.4 Å². The second-order valence-corrected chi connectivity index (χ2v) is 2.47. The average Bonchev–Trinajstić information content (AvgIpc) is 1.65. The van der Waals surface area contributed by atoms with Crippen molar-refractivity contribution in [1.82, 2.24) is 0 Å². The van der Waals surface area contributed by atoms with Crippen molar-refractivity contribution in [3.63, 3.8) is 0 Å². The van der Waals surface area contributed by atoms with Crippen LogP contribution >= 0.6 is 0 Å². The molecule has 0 saturated carbocycles. The Labute approximate surface area is 55.6 Å². The van der Waals surface area contributed by atoms with Crippen molar-refractivity contribution in [1.29, 1.82) is 0 Å². The smallest absolute Gasteiger partial charge is 0.323 e. The Kier molecular flexibility index (Phi) is 2.71. The summed E-state index contributed by atoms with van der Waals surface area (Å²) in [6.45, 7) is 1.53. The Morgan fingerprint density at radius 2 is 2.33 bits per heavy atom. The van der Waals surface area contributed by atoms with Crippen LogP contribution in [0.25, 0.3) is 0 Å². The zero-order valence-electron chi connectivity index (χ0n) is 5.85. The number of carboxylic acids is 1. The molecule has 0 amide bonds. The maximum atomic E-state index is 10.3. The van der Waals surface area contributed by atoms with Gasteiger partial charge in [-0.25, -0.2) is 0 Å². The van der Waals surface area contributed by atoms with E-state index in [2.05, 4.69) is 0 Å². The van der Waals surface area contributed by atoms with E-state index < -0.39 is 11.5 Å². The molecule has 1 atom stereocenters. The van der Waals surface area contributed by atoms with Crippen LogP contribution in [-0.4, -0.2) is 24.5 Å². The molecule has 0 aromatic heterocycles. The van der Waals surface area contributed by atoms with Crippen LogP contribution in [0, 0.1) is 0 Å². The van der Waals surface area contributed by atoms with E-state index in [9.17, 15) is 4.79 Å². The fraction of sp³-hybridized carbons (Fsp3) is 0.800. The Hall–Kier alpha value is -0.505. The zero-order chi connectivity index (χ0) is 7.49. The van der Waals surface area contributed by atoms with Crippen molar-refractivity contribution in [2.75, 3.05) is 0 Å². The molecule has 0 radical (unpaired) electrons. The van der Waals surface area contributed by atoms with Gasteiger partial charge in [-0.15, -0.1) is 0 Å². The minimum absolute atomic E-state index is 0.530. The third kappa shape index (κ3) is 2.51. The summed E-state index contributed by atoms with van der Waals surface area (Å²) in [4.78, 5) is 10.3. The van der Waals surface area contributed by atoms with Crippen LogP contribution in [0.4, 0.5) is 0 Å². The highest BCUT2D eigenvalue weighted by molar-refractivity contribution is 6.08. The molecule has 0 spiro atoms. The van der Waals surface area contributed by atoms with Crippen LogP contribution in [0.2, 0.25) is 6.32 Å². The van der Waals surface area contributed by atoms with E-state index in [1.54, 1.807) is 0 Å². The predicted molar refractivity (Wildman–Crippen MR) is 38.2 cm³/mol. The molecule has 0 aromatic rings. The van der Waals surface area contributed by atoms with Crippen molar-refractivity contribution >= 4 is 13.8 Å². The van der Waals surface area contributed by atoms with Crippen LogP contribution in [-0.2, 0) is 4.79 Å². The zero-order valence-corrected chi connectivity index (χ0v) is 5.85. The summed E-state index contributed by atoms with van der Waals surface area (Å²) in [5, 5.41) is 8.45. The molecule has 3 nitrogen and oxygen atoms in total. The first kappa shape index (κ1) is 8.49. The van der Waals surface area contributed by atoms with Gasteiger partial charge < -0.3 is 10.8 Å². The van der Waals surface area contributed by atoms with Crippen LogP contribution in [0.5, 0.6) is 0 Å². The maximum Gasteiger partial charge on any atom is 0.323 e. The van der Waals surface area contributed by atoms with Gasteiger partial charge in [-0.3, -0.25) is 4.79 Å². The monoisotopic (exact) mass is 129 g/mol. The lowest BCUT2D eigenvalue weighted by atomic mass is 9.89. The van der Waals surface area contributed by atoms with Gasteiger partial charge in [0.15, 0.2) is 0 Å². The summed E-state index contributed by atoms with van der Waals surface area (Å²) in [5.41, 5.74) is 4.34. The summed E-state index contributed by atoms with van der Waals surface area (Å²) in [6.07, 6.45) is 1.33. The summed E-state index contributed by atoms with van der Waals surface area (Å²) in [7, 11) is 1.91. The van der Waals surface area contributed by atoms with E-state index in [1.165, 1.54) is 6.92 Å². The molecule has 0 aliphatic rings. The SMILES string of the molecule is BCCC(C)(N)C(=O)O. The third-order valence-electron chi connectivity index (χ3n) is 1.26. The van der Waals surface area contributed by atoms with Crippen LogP contribution in [0.15, 0.2) is 0 Å². The molecule has 0 aliphatic carbocycles. The molecule has 0 bridgehead atoms. The average molecular weight is 129 g/mol. The Balaban J connectivity index is 3.85. The van der Waals surface area contributed by atoms with Gasteiger partial charge in [-0.1, -0.05) is 6.32 Å². The van der Waals surface area contributed by atoms with Crippen LogP contribution in [0.3, 0.4) is 0 Å². The maximum absolute atomic E-state index is 10.3. The molecule has 3 N–H and O–H groups in total. The van der Waals surface area contributed by atoms with Crippen molar-refractivity contribution in [2.45, 2.75) is 25.2 Å². The standard InChI is InChI=1S/C5H12BNO2/c1-5(7,2-3-6)4(8)9/h2-3,6-7H2,1H3,(H,8,9). The topological polar surface area (TPSA) is 63.3 Å². The number of carboxylic acid groups (broad SMARTS) is 1. The van der Waals surface area contributed by atoms with Crippen molar-refractivity contribution < 1.29 is 9.90 Å². The molecule has 1 unspecified atom stereocenters. The quantitative estimate of drug-likeness (QED) is 0.491. The van der Waals surface area contributed by atoms with E-state index >= 15 is 0 Å². The molecular formula is C5H12BNO2. The van der Waals surface area contributed by atoms with Gasteiger partial charge in [-0.05, 0) is 13.3 Å². The number of rotatable bonds is 3. The lowest BCUT2D eigenvalue weighted by Crippen LogP contribution is -2.44. The number of hydrogen-bond donors (Lipinski definition) is 2. The van der Waals surface area contributed by atoms with Crippen LogP contribution < -0.4 is 5.73 Å². The molecule has 0 saturated heterocycles. The molecule has 9 heavy (non-hydrogen) atoms. The minimum atomic E-state index is -1.03. The molecule has 0 aromatic carbocycles. The first-order valence-corrected chi connectivity index (χ1v) is 3.03. The Bertz CT molecular complexity index is 114. The third-order valence-corrected chi connectivity index (χ3v) is 1.26. The number of carbonyl (C=O) groups is 1. The number of nitrogens with two attached hydrogens (primary N) is 1. The largest absolute Gasteiger partial charge is 0.480 e. The van der Waals surface area contributed by atoms with E-state index in [-0.39, 0.29) is 0 Å². The molecule has 0 fully saturated rings. The molecule has 0 rings (SSSR count). The van der Waals surface area contributed by atoms with Crippen molar-refractivity contribution in [2.24, 2.45) is 5.73 Å². The van der Waals surface area contributed by atoms with E-state index in [4.69, 9.17) is 10.8 Å². The van der Waals surface area contributed by atoms with E-state index in [0.717, 1.165) is 6.32 Å². The van der Waals surface area contributed by atoms with Crippen LogP contribution in [0.1, 0.15) is 13.3 Å². The number of hydrogen-bond acceptors (Lipinski definition) is 2. The normalized spacial score (nSPS) is 16.7. The van der Waals surface area contributed by atoms with Gasteiger partial charge >= 0.3 is 5.97 Å². The summed E-state index contributed by atoms with van der Waals surface area (Å²) in [6, 6.07) is 0. The predicted octanol–water partition coefficient (Wildman–Crippen LogP) is -0.770. The summed E-state index contributed by atoms with van der Waals surface area (Å²) in [5.74, 6) is -0.927. The number of aliphatic carboxylic acids is 1. The molecule has 4 heteroatoms. The Morgan fingerprint density at radius 1 is 1.89 bits per heavy atom. The summed E-state index contributed by atoms with van der Waals surface area (Å²) >= 11 is 0. The highest BCUT2D eigenvalue weighted by atomic mass is 16.4. The Morgan fingerprint density at radius 3 is 2.44 bits per heavy atom. The fourth-order valence-corrected chi connectivity index (χ4v) is 0.626.